The van der Waals surface area contributed by atoms with Gasteiger partial charge in [0.15, 0.2) is 0 Å². The molecule has 4 nitrogen and oxygen atoms in total. The number of rotatable bonds is 6. The molecule has 0 saturated heterocycles. The average Bonchev–Trinajstić information content (AvgIpc) is 3.23. The van der Waals surface area contributed by atoms with E-state index >= 15 is 0 Å². The molecule has 4 rings (SSSR count). The van der Waals surface area contributed by atoms with Crippen LogP contribution in [-0.2, 0) is 11.3 Å². The van der Waals surface area contributed by atoms with Gasteiger partial charge in [0, 0.05) is 18.2 Å². The van der Waals surface area contributed by atoms with Crippen molar-refractivity contribution in [2.24, 2.45) is 17.3 Å². The van der Waals surface area contributed by atoms with E-state index in [0.717, 1.165) is 37.4 Å². The Morgan fingerprint density at radius 1 is 1.06 bits per heavy atom. The SMILES string of the molecule is Cc1cc(OC2CCC(C(C)(C)C)CC2)c(CNC2CCC(C(=O)O)C2)c2ccccc12. The zero-order chi connectivity index (χ0) is 22.9. The van der Waals surface area contributed by atoms with Crippen LogP contribution in [0.2, 0.25) is 0 Å². The van der Waals surface area contributed by atoms with Gasteiger partial charge in [-0.3, -0.25) is 4.79 Å². The number of nitrogens with one attached hydrogen (secondary N) is 1. The summed E-state index contributed by atoms with van der Waals surface area (Å²) in [6, 6.07) is 11.0. The van der Waals surface area contributed by atoms with Crippen LogP contribution in [0.25, 0.3) is 10.8 Å². The Morgan fingerprint density at radius 2 is 1.75 bits per heavy atom. The Labute approximate surface area is 192 Å². The summed E-state index contributed by atoms with van der Waals surface area (Å²) in [5.41, 5.74) is 2.83. The van der Waals surface area contributed by atoms with E-state index in [4.69, 9.17) is 4.74 Å². The van der Waals surface area contributed by atoms with E-state index in [1.165, 1.54) is 34.7 Å². The molecule has 2 unspecified atom stereocenters. The minimum atomic E-state index is -0.662. The fourth-order valence-corrected chi connectivity index (χ4v) is 5.74. The highest BCUT2D eigenvalue weighted by Crippen LogP contribution is 2.40. The van der Waals surface area contributed by atoms with Crippen molar-refractivity contribution in [3.8, 4) is 5.75 Å². The first-order valence-corrected chi connectivity index (χ1v) is 12.4. The normalized spacial score (nSPS) is 26.4. The summed E-state index contributed by atoms with van der Waals surface area (Å²) in [5.74, 6) is 0.896. The summed E-state index contributed by atoms with van der Waals surface area (Å²) in [7, 11) is 0. The summed E-state index contributed by atoms with van der Waals surface area (Å²) < 4.78 is 6.68. The van der Waals surface area contributed by atoms with Crippen LogP contribution in [0, 0.1) is 24.2 Å². The van der Waals surface area contributed by atoms with Crippen LogP contribution < -0.4 is 10.1 Å². The molecule has 174 valence electrons. The summed E-state index contributed by atoms with van der Waals surface area (Å²) in [6.07, 6.45) is 7.37. The first kappa shape index (κ1) is 23.1. The molecule has 2 saturated carbocycles. The van der Waals surface area contributed by atoms with Crippen LogP contribution in [0.3, 0.4) is 0 Å². The molecule has 4 heteroatoms. The highest BCUT2D eigenvalue weighted by atomic mass is 16.5. The lowest BCUT2D eigenvalue weighted by Gasteiger charge is -2.37. The average molecular weight is 438 g/mol. The summed E-state index contributed by atoms with van der Waals surface area (Å²) in [6.45, 7) is 9.94. The predicted molar refractivity (Wildman–Crippen MR) is 130 cm³/mol. The van der Waals surface area contributed by atoms with Crippen LogP contribution in [0.15, 0.2) is 30.3 Å². The summed E-state index contributed by atoms with van der Waals surface area (Å²) in [5, 5.41) is 15.5. The first-order valence-electron chi connectivity index (χ1n) is 12.4. The molecule has 0 aromatic heterocycles. The van der Waals surface area contributed by atoms with Gasteiger partial charge in [0.25, 0.3) is 0 Å². The van der Waals surface area contributed by atoms with Crippen molar-refractivity contribution < 1.29 is 14.6 Å². The van der Waals surface area contributed by atoms with Gasteiger partial charge in [-0.05, 0) is 85.6 Å². The van der Waals surface area contributed by atoms with Crippen LogP contribution in [0.5, 0.6) is 5.75 Å². The van der Waals surface area contributed by atoms with Gasteiger partial charge >= 0.3 is 5.97 Å². The zero-order valence-corrected chi connectivity index (χ0v) is 20.1. The van der Waals surface area contributed by atoms with Crippen molar-refractivity contribution in [2.75, 3.05) is 0 Å². The lowest BCUT2D eigenvalue weighted by Crippen LogP contribution is -2.31. The van der Waals surface area contributed by atoms with E-state index in [9.17, 15) is 9.90 Å². The van der Waals surface area contributed by atoms with Gasteiger partial charge in [-0.1, -0.05) is 45.0 Å². The van der Waals surface area contributed by atoms with E-state index in [1.54, 1.807) is 0 Å². The number of hydrogen-bond donors (Lipinski definition) is 2. The van der Waals surface area contributed by atoms with E-state index in [1.807, 2.05) is 0 Å². The number of aliphatic carboxylic acids is 1. The molecule has 2 fully saturated rings. The highest BCUT2D eigenvalue weighted by Gasteiger charge is 2.32. The van der Waals surface area contributed by atoms with Crippen molar-refractivity contribution >= 4 is 16.7 Å². The molecule has 2 aromatic carbocycles. The van der Waals surface area contributed by atoms with Gasteiger partial charge in [-0.25, -0.2) is 0 Å². The van der Waals surface area contributed by atoms with Crippen LogP contribution >= 0.6 is 0 Å². The second-order valence-electron chi connectivity index (χ2n) is 11.1. The molecule has 2 N–H and O–H groups in total. The van der Waals surface area contributed by atoms with Gasteiger partial charge in [0.2, 0.25) is 0 Å². The second-order valence-corrected chi connectivity index (χ2v) is 11.1. The number of carboxylic acid groups (broad SMARTS) is 1. The van der Waals surface area contributed by atoms with Crippen molar-refractivity contribution in [3.63, 3.8) is 0 Å². The minimum absolute atomic E-state index is 0.212. The maximum absolute atomic E-state index is 11.3. The largest absolute Gasteiger partial charge is 0.490 e. The summed E-state index contributed by atoms with van der Waals surface area (Å²) >= 11 is 0. The van der Waals surface area contributed by atoms with Gasteiger partial charge in [0.05, 0.1) is 12.0 Å². The van der Waals surface area contributed by atoms with E-state index in [2.05, 4.69) is 63.3 Å². The molecule has 2 aliphatic carbocycles. The number of ether oxygens (including phenoxy) is 1. The molecule has 2 aliphatic rings. The highest BCUT2D eigenvalue weighted by molar-refractivity contribution is 5.90. The molecule has 0 bridgehead atoms. The number of carboxylic acids is 1. The van der Waals surface area contributed by atoms with Gasteiger partial charge in [0.1, 0.15) is 5.75 Å². The van der Waals surface area contributed by atoms with Crippen LogP contribution in [0.1, 0.15) is 76.8 Å². The monoisotopic (exact) mass is 437 g/mol. The Hall–Kier alpha value is -2.07. The number of aryl methyl sites for hydroxylation is 1. The molecule has 0 amide bonds. The van der Waals surface area contributed by atoms with E-state index < -0.39 is 5.97 Å². The Bertz CT molecular complexity index is 953. The quantitative estimate of drug-likeness (QED) is 0.543. The molecular formula is C28H39NO3. The maximum Gasteiger partial charge on any atom is 0.306 e. The fraction of sp³-hybridized carbons (Fsp3) is 0.607. The smallest absolute Gasteiger partial charge is 0.306 e. The summed E-state index contributed by atoms with van der Waals surface area (Å²) in [4.78, 5) is 11.3. The minimum Gasteiger partial charge on any atom is -0.490 e. The molecule has 32 heavy (non-hydrogen) atoms. The molecule has 0 heterocycles. The topological polar surface area (TPSA) is 58.6 Å². The molecular weight excluding hydrogens is 398 g/mol. The van der Waals surface area contributed by atoms with Crippen molar-refractivity contribution in [1.29, 1.82) is 0 Å². The third-order valence-electron chi connectivity index (χ3n) is 7.86. The molecule has 0 spiro atoms. The lowest BCUT2D eigenvalue weighted by atomic mass is 9.72. The Morgan fingerprint density at radius 3 is 2.38 bits per heavy atom. The Kier molecular flexibility index (Phi) is 6.80. The third-order valence-corrected chi connectivity index (χ3v) is 7.86. The van der Waals surface area contributed by atoms with Crippen LogP contribution in [0.4, 0.5) is 0 Å². The zero-order valence-electron chi connectivity index (χ0n) is 20.1. The number of benzene rings is 2. The second kappa shape index (κ2) is 9.43. The molecule has 0 aliphatic heterocycles. The van der Waals surface area contributed by atoms with Gasteiger partial charge in [-0.15, -0.1) is 0 Å². The lowest BCUT2D eigenvalue weighted by molar-refractivity contribution is -0.141. The van der Waals surface area contributed by atoms with Crippen molar-refractivity contribution in [2.45, 2.75) is 91.3 Å². The van der Waals surface area contributed by atoms with Gasteiger partial charge in [-0.2, -0.15) is 0 Å². The molecule has 2 aromatic rings. The van der Waals surface area contributed by atoms with E-state index in [-0.39, 0.29) is 18.1 Å². The maximum atomic E-state index is 11.3. The predicted octanol–water partition coefficient (Wildman–Crippen LogP) is 6.47. The van der Waals surface area contributed by atoms with Gasteiger partial charge < -0.3 is 15.2 Å². The first-order chi connectivity index (χ1) is 15.2. The van der Waals surface area contributed by atoms with Crippen molar-refractivity contribution in [1.82, 2.24) is 5.32 Å². The van der Waals surface area contributed by atoms with Crippen molar-refractivity contribution in [3.05, 3.63) is 41.5 Å². The molecule has 2 atom stereocenters. The fourth-order valence-electron chi connectivity index (χ4n) is 5.74. The molecule has 0 radical (unpaired) electrons. The standard InChI is InChI=1S/C28H39NO3/c1-18-15-26(32-22-13-10-20(11-14-22)28(2,3)4)25(24-8-6-5-7-23(18)24)17-29-21-12-9-19(16-21)27(30)31/h5-8,15,19-22,29H,9-14,16-17H2,1-4H3,(H,30,31). The number of fused-ring (bicyclic) bond motifs is 1. The van der Waals surface area contributed by atoms with Crippen LogP contribution in [-0.4, -0.2) is 23.2 Å². The van der Waals surface area contributed by atoms with E-state index in [0.29, 0.717) is 18.4 Å². The third kappa shape index (κ3) is 5.11. The number of carbonyl (C=O) groups is 1. The Balaban J connectivity index is 1.52. The number of hydrogen-bond acceptors (Lipinski definition) is 3.